The topological polar surface area (TPSA) is 86.2 Å². The summed E-state index contributed by atoms with van der Waals surface area (Å²) in [5, 5.41) is 18.7. The minimum absolute atomic E-state index is 0.157. The maximum absolute atomic E-state index is 9.55. The normalized spacial score (nSPS) is 10.5. The first-order chi connectivity index (χ1) is 8.58. The Kier molecular flexibility index (Phi) is 3.32. The van der Waals surface area contributed by atoms with Crippen LogP contribution >= 0.6 is 0 Å². The number of aromatic hydroxyl groups is 1. The Labute approximate surface area is 105 Å². The molecule has 4 N–H and O–H groups in total. The Bertz CT molecular complexity index is 582. The van der Waals surface area contributed by atoms with Gasteiger partial charge in [-0.25, -0.2) is 4.98 Å². The van der Waals surface area contributed by atoms with Crippen molar-refractivity contribution < 1.29 is 5.11 Å². The van der Waals surface area contributed by atoms with Gasteiger partial charge in [-0.3, -0.25) is 5.41 Å². The molecule has 0 unspecified atom stereocenters. The third-order valence-electron chi connectivity index (χ3n) is 2.81. The van der Waals surface area contributed by atoms with Gasteiger partial charge in [-0.2, -0.15) is 0 Å². The summed E-state index contributed by atoms with van der Waals surface area (Å²) < 4.78 is 0. The fraction of sp³-hybridized carbons (Fsp3) is 0.231. The van der Waals surface area contributed by atoms with Crippen molar-refractivity contribution in [3.8, 4) is 5.75 Å². The zero-order valence-corrected chi connectivity index (χ0v) is 10.2. The van der Waals surface area contributed by atoms with E-state index in [4.69, 9.17) is 11.1 Å². The number of amidine groups is 1. The Morgan fingerprint density at radius 1 is 1.44 bits per heavy atom. The molecule has 0 aliphatic carbocycles. The molecule has 2 rings (SSSR count). The molecule has 18 heavy (non-hydrogen) atoms. The molecule has 1 heterocycles. The highest BCUT2D eigenvalue weighted by Gasteiger charge is 2.08. The average Bonchev–Trinajstić information content (AvgIpc) is 2.35. The van der Waals surface area contributed by atoms with E-state index in [9.17, 15) is 5.11 Å². The smallest absolute Gasteiger partial charge is 0.136 e. The fourth-order valence-corrected chi connectivity index (χ4v) is 1.84. The minimum atomic E-state index is 0.157. The first kappa shape index (κ1) is 12.2. The first-order valence-electron chi connectivity index (χ1n) is 5.69. The maximum Gasteiger partial charge on any atom is 0.136 e. The quantitative estimate of drug-likeness (QED) is 0.564. The number of benzene rings is 1. The molecule has 1 aromatic carbocycles. The molecule has 94 valence electrons. The Morgan fingerprint density at radius 3 is 2.94 bits per heavy atom. The molecule has 0 radical (unpaired) electrons. The van der Waals surface area contributed by atoms with Crippen LogP contribution in [0.25, 0.3) is 10.8 Å². The van der Waals surface area contributed by atoms with Crippen LogP contribution in [0.3, 0.4) is 0 Å². The van der Waals surface area contributed by atoms with E-state index in [2.05, 4.69) is 4.98 Å². The zero-order valence-electron chi connectivity index (χ0n) is 10.2. The van der Waals surface area contributed by atoms with Crippen LogP contribution in [-0.4, -0.2) is 29.5 Å². The summed E-state index contributed by atoms with van der Waals surface area (Å²) in [5.74, 6) is 1.16. The Hall–Kier alpha value is -2.30. The zero-order chi connectivity index (χ0) is 13.1. The van der Waals surface area contributed by atoms with Gasteiger partial charge in [0.25, 0.3) is 0 Å². The molecular weight excluding hydrogens is 228 g/mol. The molecule has 0 amide bonds. The monoisotopic (exact) mass is 244 g/mol. The van der Waals surface area contributed by atoms with E-state index in [1.807, 2.05) is 24.1 Å². The van der Waals surface area contributed by atoms with Gasteiger partial charge < -0.3 is 15.7 Å². The summed E-state index contributed by atoms with van der Waals surface area (Å²) >= 11 is 0. The predicted octanol–water partition coefficient (Wildman–Crippen LogP) is 1.70. The Balaban J connectivity index is 2.37. The van der Waals surface area contributed by atoms with Gasteiger partial charge in [0, 0.05) is 31.6 Å². The van der Waals surface area contributed by atoms with Gasteiger partial charge in [0.2, 0.25) is 0 Å². The van der Waals surface area contributed by atoms with E-state index < -0.39 is 0 Å². The molecule has 0 bridgehead atoms. The largest absolute Gasteiger partial charge is 0.508 e. The van der Waals surface area contributed by atoms with Crippen molar-refractivity contribution in [2.45, 2.75) is 6.42 Å². The van der Waals surface area contributed by atoms with Crippen molar-refractivity contribution in [3.63, 3.8) is 0 Å². The number of hydrogen-bond acceptors (Lipinski definition) is 4. The molecule has 0 saturated heterocycles. The van der Waals surface area contributed by atoms with Crippen molar-refractivity contribution in [1.29, 1.82) is 5.41 Å². The summed E-state index contributed by atoms with van der Waals surface area (Å²) in [5.41, 5.74) is 5.35. The van der Waals surface area contributed by atoms with Gasteiger partial charge >= 0.3 is 0 Å². The summed E-state index contributed by atoms with van der Waals surface area (Å²) in [6, 6.07) is 7.11. The number of rotatable bonds is 4. The molecule has 1 aromatic heterocycles. The molecule has 0 saturated carbocycles. The number of nitrogens with zero attached hydrogens (tertiary/aromatic N) is 2. The number of phenolic OH excluding ortho intramolecular Hbond substituents is 1. The van der Waals surface area contributed by atoms with Crippen LogP contribution in [0.2, 0.25) is 0 Å². The summed E-state index contributed by atoms with van der Waals surface area (Å²) in [6.45, 7) is 0.622. The van der Waals surface area contributed by atoms with E-state index in [0.29, 0.717) is 13.0 Å². The van der Waals surface area contributed by atoms with Crippen molar-refractivity contribution in [2.75, 3.05) is 18.5 Å². The van der Waals surface area contributed by atoms with Crippen molar-refractivity contribution >= 4 is 22.4 Å². The van der Waals surface area contributed by atoms with E-state index in [-0.39, 0.29) is 11.6 Å². The molecule has 0 spiro atoms. The third kappa shape index (κ3) is 2.51. The second-order valence-corrected chi connectivity index (χ2v) is 4.24. The van der Waals surface area contributed by atoms with Crippen molar-refractivity contribution in [1.82, 2.24) is 4.98 Å². The lowest BCUT2D eigenvalue weighted by Crippen LogP contribution is -2.24. The molecule has 0 aliphatic heterocycles. The number of aromatic nitrogens is 1. The maximum atomic E-state index is 9.55. The number of anilines is 1. The predicted molar refractivity (Wildman–Crippen MR) is 73.2 cm³/mol. The lowest BCUT2D eigenvalue weighted by atomic mass is 10.1. The van der Waals surface area contributed by atoms with Crippen LogP contribution in [0.15, 0.2) is 30.5 Å². The van der Waals surface area contributed by atoms with Gasteiger partial charge in [-0.1, -0.05) is 6.07 Å². The summed E-state index contributed by atoms with van der Waals surface area (Å²) in [6.07, 6.45) is 2.23. The average molecular weight is 244 g/mol. The third-order valence-corrected chi connectivity index (χ3v) is 2.81. The number of phenols is 1. The van der Waals surface area contributed by atoms with Crippen LogP contribution in [0.5, 0.6) is 5.75 Å². The molecule has 2 aromatic rings. The van der Waals surface area contributed by atoms with Gasteiger partial charge in [0.15, 0.2) is 0 Å². The first-order valence-corrected chi connectivity index (χ1v) is 5.69. The summed E-state index contributed by atoms with van der Waals surface area (Å²) in [7, 11) is 1.90. The van der Waals surface area contributed by atoms with Gasteiger partial charge in [0.1, 0.15) is 11.6 Å². The SMILES string of the molecule is CN(CCC(=N)N)c1nccc2ccc(O)cc12. The van der Waals surface area contributed by atoms with Crippen LogP contribution in [0.4, 0.5) is 5.82 Å². The number of pyridine rings is 1. The molecule has 0 atom stereocenters. The minimum Gasteiger partial charge on any atom is -0.508 e. The molecule has 5 nitrogen and oxygen atoms in total. The summed E-state index contributed by atoms with van der Waals surface area (Å²) in [4.78, 5) is 6.26. The van der Waals surface area contributed by atoms with E-state index in [1.165, 1.54) is 0 Å². The number of hydrogen-bond donors (Lipinski definition) is 3. The van der Waals surface area contributed by atoms with Crippen LogP contribution in [0.1, 0.15) is 6.42 Å². The van der Waals surface area contributed by atoms with Gasteiger partial charge in [-0.15, -0.1) is 0 Å². The molecule has 0 fully saturated rings. The molecular formula is C13H16N4O. The van der Waals surface area contributed by atoms with E-state index >= 15 is 0 Å². The van der Waals surface area contributed by atoms with Gasteiger partial charge in [0.05, 0.1) is 5.84 Å². The lowest BCUT2D eigenvalue weighted by Gasteiger charge is -2.19. The van der Waals surface area contributed by atoms with Crippen LogP contribution in [-0.2, 0) is 0 Å². The highest BCUT2D eigenvalue weighted by Crippen LogP contribution is 2.26. The van der Waals surface area contributed by atoms with Crippen molar-refractivity contribution in [3.05, 3.63) is 30.5 Å². The lowest BCUT2D eigenvalue weighted by molar-refractivity contribution is 0.476. The molecule has 0 aliphatic rings. The van der Waals surface area contributed by atoms with Crippen molar-refractivity contribution in [2.24, 2.45) is 5.73 Å². The number of nitrogens with two attached hydrogens (primary N) is 1. The highest BCUT2D eigenvalue weighted by molar-refractivity contribution is 5.93. The Morgan fingerprint density at radius 2 is 2.22 bits per heavy atom. The molecule has 5 heteroatoms. The highest BCUT2D eigenvalue weighted by atomic mass is 16.3. The van der Waals surface area contributed by atoms with Gasteiger partial charge in [-0.05, 0) is 23.6 Å². The number of nitrogens with one attached hydrogen (secondary N) is 1. The standard InChI is InChI=1S/C13H16N4O/c1-17(7-5-12(14)15)13-11-8-10(18)3-2-9(11)4-6-16-13/h2-4,6,8,18H,5,7H2,1H3,(H3,14,15). The van der Waals surface area contributed by atoms with Crippen LogP contribution in [0, 0.1) is 5.41 Å². The second-order valence-electron chi connectivity index (χ2n) is 4.24. The second kappa shape index (κ2) is 4.91. The number of fused-ring (bicyclic) bond motifs is 1. The van der Waals surface area contributed by atoms with E-state index in [0.717, 1.165) is 16.6 Å². The van der Waals surface area contributed by atoms with Crippen LogP contribution < -0.4 is 10.6 Å². The van der Waals surface area contributed by atoms with E-state index in [1.54, 1.807) is 18.3 Å². The fourth-order valence-electron chi connectivity index (χ4n) is 1.84.